The van der Waals surface area contributed by atoms with Gasteiger partial charge in [0.25, 0.3) is 0 Å². The van der Waals surface area contributed by atoms with Gasteiger partial charge in [0.15, 0.2) is 0 Å². The molecule has 0 N–H and O–H groups in total. The lowest BCUT2D eigenvalue weighted by atomic mass is 10.1. The lowest BCUT2D eigenvalue weighted by molar-refractivity contribution is 0.708. The standard InChI is InChI=1S/C10H17I/c1-3-5-6-8-10(9-11)7-4-2/h4,9H,2-3,5-8H2,1H3. The van der Waals surface area contributed by atoms with Gasteiger partial charge in [-0.25, -0.2) is 0 Å². The number of allylic oxidation sites excluding steroid dienone is 2. The molecule has 0 aromatic heterocycles. The fourth-order valence-corrected chi connectivity index (χ4v) is 1.55. The van der Waals surface area contributed by atoms with Gasteiger partial charge in [-0.3, -0.25) is 0 Å². The first-order chi connectivity index (χ1) is 5.35. The molecule has 0 fully saturated rings. The number of rotatable bonds is 6. The van der Waals surface area contributed by atoms with Crippen LogP contribution in [0.4, 0.5) is 0 Å². The average Bonchev–Trinajstić information content (AvgIpc) is 2.03. The summed E-state index contributed by atoms with van der Waals surface area (Å²) in [5.41, 5.74) is 1.52. The van der Waals surface area contributed by atoms with Crippen LogP contribution in [-0.4, -0.2) is 0 Å². The molecule has 0 aromatic carbocycles. The predicted octanol–water partition coefficient (Wildman–Crippen LogP) is 4.46. The summed E-state index contributed by atoms with van der Waals surface area (Å²) in [6, 6.07) is 0. The molecule has 0 aliphatic heterocycles. The van der Waals surface area contributed by atoms with E-state index < -0.39 is 0 Å². The Morgan fingerprint density at radius 3 is 2.64 bits per heavy atom. The van der Waals surface area contributed by atoms with Crippen molar-refractivity contribution >= 4 is 22.6 Å². The Hall–Kier alpha value is 0.210. The monoisotopic (exact) mass is 264 g/mol. The van der Waals surface area contributed by atoms with Crippen LogP contribution in [0.25, 0.3) is 0 Å². The molecule has 0 spiro atoms. The molecule has 0 nitrogen and oxygen atoms in total. The molecule has 0 aliphatic carbocycles. The van der Waals surface area contributed by atoms with Gasteiger partial charge in [-0.2, -0.15) is 0 Å². The fourth-order valence-electron chi connectivity index (χ4n) is 0.989. The Morgan fingerprint density at radius 2 is 2.18 bits per heavy atom. The molecule has 0 unspecified atom stereocenters. The summed E-state index contributed by atoms with van der Waals surface area (Å²) in [5.74, 6) is 0. The summed E-state index contributed by atoms with van der Waals surface area (Å²) in [6.45, 7) is 5.97. The molecule has 1 heteroatoms. The van der Waals surface area contributed by atoms with Crippen molar-refractivity contribution in [1.29, 1.82) is 0 Å². The molecule has 0 atom stereocenters. The van der Waals surface area contributed by atoms with Gasteiger partial charge in [-0.05, 0) is 23.3 Å². The van der Waals surface area contributed by atoms with E-state index in [1.807, 2.05) is 6.08 Å². The molecule has 0 amide bonds. The van der Waals surface area contributed by atoms with Crippen LogP contribution in [0, 0.1) is 0 Å². The lowest BCUT2D eigenvalue weighted by Gasteiger charge is -2.01. The summed E-state index contributed by atoms with van der Waals surface area (Å²) in [7, 11) is 0. The van der Waals surface area contributed by atoms with Gasteiger partial charge in [0.1, 0.15) is 0 Å². The van der Waals surface area contributed by atoms with Crippen molar-refractivity contribution < 1.29 is 0 Å². The highest BCUT2D eigenvalue weighted by Crippen LogP contribution is 2.14. The third kappa shape index (κ3) is 6.60. The summed E-state index contributed by atoms with van der Waals surface area (Å²) in [4.78, 5) is 0. The van der Waals surface area contributed by atoms with Crippen LogP contribution in [0.5, 0.6) is 0 Å². The first-order valence-electron chi connectivity index (χ1n) is 4.24. The summed E-state index contributed by atoms with van der Waals surface area (Å²) in [6.07, 6.45) is 8.29. The molecule has 64 valence electrons. The van der Waals surface area contributed by atoms with Crippen molar-refractivity contribution in [1.82, 2.24) is 0 Å². The minimum absolute atomic E-state index is 1.06. The van der Waals surface area contributed by atoms with Crippen molar-refractivity contribution in [2.24, 2.45) is 0 Å². The SMILES string of the molecule is C=CCC(=CI)CCCCC. The van der Waals surface area contributed by atoms with Gasteiger partial charge in [-0.15, -0.1) is 6.58 Å². The Balaban J connectivity index is 3.45. The van der Waals surface area contributed by atoms with E-state index in [2.05, 4.69) is 40.2 Å². The minimum atomic E-state index is 1.06. The third-order valence-electron chi connectivity index (χ3n) is 1.66. The molecule has 0 saturated heterocycles. The van der Waals surface area contributed by atoms with Crippen LogP contribution < -0.4 is 0 Å². The number of halogens is 1. The van der Waals surface area contributed by atoms with Crippen LogP contribution >= 0.6 is 22.6 Å². The maximum atomic E-state index is 3.73. The molecule has 0 aromatic rings. The van der Waals surface area contributed by atoms with Crippen molar-refractivity contribution in [3.05, 3.63) is 22.3 Å². The number of unbranched alkanes of at least 4 members (excludes halogenated alkanes) is 2. The quantitative estimate of drug-likeness (QED) is 0.377. The topological polar surface area (TPSA) is 0 Å². The minimum Gasteiger partial charge on any atom is -0.103 e. The smallest absolute Gasteiger partial charge is 0.0134 e. The first kappa shape index (κ1) is 11.2. The maximum absolute atomic E-state index is 3.73. The van der Waals surface area contributed by atoms with E-state index in [1.54, 1.807) is 0 Å². The molecular formula is C10H17I. The second kappa shape index (κ2) is 8.31. The Morgan fingerprint density at radius 1 is 1.45 bits per heavy atom. The molecule has 0 radical (unpaired) electrons. The van der Waals surface area contributed by atoms with E-state index in [0.29, 0.717) is 0 Å². The van der Waals surface area contributed by atoms with Gasteiger partial charge < -0.3 is 0 Å². The summed E-state index contributed by atoms with van der Waals surface area (Å²) < 4.78 is 2.19. The summed E-state index contributed by atoms with van der Waals surface area (Å²) >= 11 is 2.31. The van der Waals surface area contributed by atoms with E-state index >= 15 is 0 Å². The van der Waals surface area contributed by atoms with Crippen molar-refractivity contribution in [3.63, 3.8) is 0 Å². The average molecular weight is 264 g/mol. The second-order valence-corrected chi connectivity index (χ2v) is 3.34. The second-order valence-electron chi connectivity index (χ2n) is 2.72. The van der Waals surface area contributed by atoms with E-state index in [1.165, 1.54) is 31.3 Å². The lowest BCUT2D eigenvalue weighted by Crippen LogP contribution is -1.81. The van der Waals surface area contributed by atoms with E-state index in [9.17, 15) is 0 Å². The molecule has 11 heavy (non-hydrogen) atoms. The Bertz CT molecular complexity index is 125. The van der Waals surface area contributed by atoms with Crippen LogP contribution in [0.3, 0.4) is 0 Å². The van der Waals surface area contributed by atoms with E-state index in [-0.39, 0.29) is 0 Å². The van der Waals surface area contributed by atoms with Crippen molar-refractivity contribution in [2.45, 2.75) is 39.0 Å². The fraction of sp³-hybridized carbons (Fsp3) is 0.600. The largest absolute Gasteiger partial charge is 0.103 e. The third-order valence-corrected chi connectivity index (χ3v) is 2.54. The first-order valence-corrected chi connectivity index (χ1v) is 5.48. The zero-order valence-corrected chi connectivity index (χ0v) is 9.43. The molecule has 0 aliphatic rings. The Kier molecular flexibility index (Phi) is 8.47. The zero-order valence-electron chi connectivity index (χ0n) is 7.28. The van der Waals surface area contributed by atoms with Gasteiger partial charge in [0.2, 0.25) is 0 Å². The normalized spacial score (nSPS) is 11.6. The van der Waals surface area contributed by atoms with Gasteiger partial charge in [0, 0.05) is 0 Å². The van der Waals surface area contributed by atoms with Crippen LogP contribution in [0.2, 0.25) is 0 Å². The highest BCUT2D eigenvalue weighted by atomic mass is 127. The van der Waals surface area contributed by atoms with Crippen LogP contribution in [0.1, 0.15) is 39.0 Å². The van der Waals surface area contributed by atoms with E-state index in [4.69, 9.17) is 0 Å². The molecule has 0 heterocycles. The van der Waals surface area contributed by atoms with Gasteiger partial charge in [0.05, 0.1) is 0 Å². The summed E-state index contributed by atoms with van der Waals surface area (Å²) in [5, 5.41) is 0. The molecular weight excluding hydrogens is 247 g/mol. The van der Waals surface area contributed by atoms with E-state index in [0.717, 1.165) is 6.42 Å². The molecule has 0 bridgehead atoms. The maximum Gasteiger partial charge on any atom is -0.0134 e. The highest BCUT2D eigenvalue weighted by molar-refractivity contribution is 14.1. The highest BCUT2D eigenvalue weighted by Gasteiger charge is 1.92. The molecule has 0 rings (SSSR count). The van der Waals surface area contributed by atoms with Crippen molar-refractivity contribution in [2.75, 3.05) is 0 Å². The predicted molar refractivity (Wildman–Crippen MR) is 61.1 cm³/mol. The number of hydrogen-bond acceptors (Lipinski definition) is 0. The van der Waals surface area contributed by atoms with Crippen molar-refractivity contribution in [3.8, 4) is 0 Å². The van der Waals surface area contributed by atoms with Crippen LogP contribution in [0.15, 0.2) is 22.3 Å². The molecule has 0 saturated carbocycles. The van der Waals surface area contributed by atoms with Gasteiger partial charge in [-0.1, -0.05) is 54.0 Å². The Labute approximate surface area is 83.9 Å². The zero-order chi connectivity index (χ0) is 8.53. The van der Waals surface area contributed by atoms with Gasteiger partial charge >= 0.3 is 0 Å². The van der Waals surface area contributed by atoms with Crippen LogP contribution in [-0.2, 0) is 0 Å². The number of hydrogen-bond donors (Lipinski definition) is 0.